The van der Waals surface area contributed by atoms with E-state index in [0.29, 0.717) is 0 Å². The molecule has 0 amide bonds. The zero-order valence-electron chi connectivity index (χ0n) is 3.13. The van der Waals surface area contributed by atoms with Gasteiger partial charge in [0.05, 0.1) is 0 Å². The van der Waals surface area contributed by atoms with Gasteiger partial charge in [0.1, 0.15) is 0 Å². The standard InChI is InChI=1S/CF3.CH3.Sb.H/c2-1(3)4;;;/h;1H3;;. The Bertz CT molecular complexity index is 38.5. The van der Waals surface area contributed by atoms with Crippen molar-refractivity contribution in [3.63, 3.8) is 0 Å². The first kappa shape index (κ1) is 6.61. The van der Waals surface area contributed by atoms with E-state index in [4.69, 9.17) is 0 Å². The van der Waals surface area contributed by atoms with Crippen LogP contribution in [0, 0.1) is 0 Å². The van der Waals surface area contributed by atoms with Gasteiger partial charge in [-0.3, -0.25) is 0 Å². The van der Waals surface area contributed by atoms with Gasteiger partial charge < -0.3 is 0 Å². The van der Waals surface area contributed by atoms with Crippen LogP contribution >= 0.6 is 0 Å². The van der Waals surface area contributed by atoms with Crippen LogP contribution in [0.5, 0.6) is 0 Å². The Morgan fingerprint density at radius 2 is 1.50 bits per heavy atom. The molecule has 0 radical (unpaired) electrons. The fourth-order valence-electron chi connectivity index (χ4n) is 0. The Morgan fingerprint density at radius 1 is 1.33 bits per heavy atom. The van der Waals surface area contributed by atoms with Gasteiger partial charge in [0.2, 0.25) is 0 Å². The Labute approximate surface area is 44.3 Å². The van der Waals surface area contributed by atoms with Crippen LogP contribution in [-0.2, 0) is 0 Å². The molecular formula is C2H4F3Sb. The van der Waals surface area contributed by atoms with Gasteiger partial charge in [-0.25, -0.2) is 0 Å². The molecule has 0 spiro atoms. The predicted molar refractivity (Wildman–Crippen MR) is 19.1 cm³/mol. The maximum atomic E-state index is 10.9. The molecule has 6 heavy (non-hydrogen) atoms. The van der Waals surface area contributed by atoms with Gasteiger partial charge in [0.15, 0.2) is 0 Å². The summed E-state index contributed by atoms with van der Waals surface area (Å²) in [5.74, 6) is 0. The molecule has 0 aliphatic carbocycles. The summed E-state index contributed by atoms with van der Waals surface area (Å²) in [5, 5.41) is 0. The van der Waals surface area contributed by atoms with Crippen LogP contribution in [0.4, 0.5) is 13.2 Å². The van der Waals surface area contributed by atoms with Gasteiger partial charge in [0.25, 0.3) is 0 Å². The summed E-state index contributed by atoms with van der Waals surface area (Å²) in [7, 11) is 0. The molecule has 0 aliphatic rings. The summed E-state index contributed by atoms with van der Waals surface area (Å²) >= 11 is -1.98. The third-order valence-electron chi connectivity index (χ3n) is 0.283. The molecule has 0 bridgehead atoms. The van der Waals surface area contributed by atoms with E-state index in [-0.39, 0.29) is 0 Å². The summed E-state index contributed by atoms with van der Waals surface area (Å²) in [6.45, 7) is 0. The molecule has 0 nitrogen and oxygen atoms in total. The SMILES string of the molecule is [CH3][SbH][C](F)(F)F. The molecule has 0 atom stereocenters. The molecule has 0 rings (SSSR count). The van der Waals surface area contributed by atoms with Crippen LogP contribution < -0.4 is 0 Å². The van der Waals surface area contributed by atoms with Crippen molar-refractivity contribution in [2.24, 2.45) is 0 Å². The maximum absolute atomic E-state index is 10.9. The molecule has 38 valence electrons. The quantitative estimate of drug-likeness (QED) is 0.519. The van der Waals surface area contributed by atoms with Gasteiger partial charge in [-0.1, -0.05) is 0 Å². The van der Waals surface area contributed by atoms with Crippen molar-refractivity contribution in [1.29, 1.82) is 0 Å². The molecule has 0 unspecified atom stereocenters. The summed E-state index contributed by atoms with van der Waals surface area (Å²) < 4.78 is 28.8. The van der Waals surface area contributed by atoms with Crippen molar-refractivity contribution < 1.29 is 13.2 Å². The number of alkyl halides is 3. The topological polar surface area (TPSA) is 0 Å². The van der Waals surface area contributed by atoms with Crippen molar-refractivity contribution in [2.45, 2.75) is 8.99 Å². The summed E-state index contributed by atoms with van der Waals surface area (Å²) in [5.41, 5.74) is 0. The average molecular weight is 207 g/mol. The van der Waals surface area contributed by atoms with Gasteiger partial charge in [-0.05, 0) is 0 Å². The van der Waals surface area contributed by atoms with E-state index < -0.39 is 25.7 Å². The van der Waals surface area contributed by atoms with Crippen molar-refractivity contribution in [3.05, 3.63) is 0 Å². The Balaban J connectivity index is 3.17. The second kappa shape index (κ2) is 2.06. The van der Waals surface area contributed by atoms with E-state index in [9.17, 15) is 13.2 Å². The number of hydrogen-bond donors (Lipinski definition) is 0. The van der Waals surface area contributed by atoms with Crippen LogP contribution in [0.15, 0.2) is 0 Å². The molecule has 0 aromatic carbocycles. The Hall–Kier alpha value is 0.608. The molecule has 0 fully saturated rings. The normalized spacial score (nSPS) is 12.0. The molecule has 4 heteroatoms. The van der Waals surface area contributed by atoms with Crippen LogP contribution in [0.25, 0.3) is 0 Å². The average Bonchev–Trinajstić information content (AvgIpc) is 1.35. The van der Waals surface area contributed by atoms with E-state index in [2.05, 4.69) is 0 Å². The molecule has 0 aromatic rings. The van der Waals surface area contributed by atoms with Gasteiger partial charge in [-0.15, -0.1) is 0 Å². The Morgan fingerprint density at radius 3 is 1.50 bits per heavy atom. The first-order chi connectivity index (χ1) is 2.56. The molecular weight excluding hydrogens is 203 g/mol. The molecule has 0 heterocycles. The van der Waals surface area contributed by atoms with Crippen molar-refractivity contribution >= 4 is 21.6 Å². The van der Waals surface area contributed by atoms with Crippen LogP contribution in [-0.4, -0.2) is 25.7 Å². The molecule has 0 saturated carbocycles. The zero-order valence-corrected chi connectivity index (χ0v) is 5.99. The number of halogens is 3. The van der Waals surface area contributed by atoms with Gasteiger partial charge >= 0.3 is 43.8 Å². The molecule has 0 aromatic heterocycles. The van der Waals surface area contributed by atoms with Crippen LogP contribution in [0.1, 0.15) is 0 Å². The third-order valence-corrected chi connectivity index (χ3v) is 1.90. The summed E-state index contributed by atoms with van der Waals surface area (Å²) in [4.78, 5) is 1.25. The van der Waals surface area contributed by atoms with Gasteiger partial charge in [-0.2, -0.15) is 0 Å². The van der Waals surface area contributed by atoms with Crippen LogP contribution in [0.2, 0.25) is 4.87 Å². The van der Waals surface area contributed by atoms with Crippen molar-refractivity contribution in [3.8, 4) is 0 Å². The number of rotatable bonds is 0. The van der Waals surface area contributed by atoms with E-state index in [1.807, 2.05) is 0 Å². The fourth-order valence-corrected chi connectivity index (χ4v) is 0. The fraction of sp³-hybridized carbons (Fsp3) is 1.00. The molecule has 0 aliphatic heterocycles. The first-order valence-corrected chi connectivity index (χ1v) is 5.60. The van der Waals surface area contributed by atoms with E-state index in [1.54, 1.807) is 0 Å². The Kier molecular flexibility index (Phi) is 2.27. The van der Waals surface area contributed by atoms with E-state index in [0.717, 1.165) is 0 Å². The molecule has 0 N–H and O–H groups in total. The van der Waals surface area contributed by atoms with E-state index >= 15 is 0 Å². The third kappa shape index (κ3) is 4.61. The monoisotopic (exact) mass is 206 g/mol. The zero-order chi connectivity index (χ0) is 5.21. The van der Waals surface area contributed by atoms with Crippen LogP contribution in [0.3, 0.4) is 0 Å². The number of hydrogen-bond acceptors (Lipinski definition) is 0. The molecule has 0 saturated heterocycles. The van der Waals surface area contributed by atoms with Gasteiger partial charge in [0, 0.05) is 0 Å². The van der Waals surface area contributed by atoms with Crippen molar-refractivity contribution in [2.75, 3.05) is 0 Å². The first-order valence-electron chi connectivity index (χ1n) is 1.32. The minimum absolute atomic E-state index is 1.25. The second-order valence-electron chi connectivity index (χ2n) is 0.748. The second-order valence-corrected chi connectivity index (χ2v) is 3.79. The summed E-state index contributed by atoms with van der Waals surface area (Å²) in [6.07, 6.45) is 0. The summed E-state index contributed by atoms with van der Waals surface area (Å²) in [6, 6.07) is 0. The predicted octanol–water partition coefficient (Wildman–Crippen LogP) is 0.991. The van der Waals surface area contributed by atoms with E-state index in [1.165, 1.54) is 4.87 Å². The van der Waals surface area contributed by atoms with Crippen molar-refractivity contribution in [1.82, 2.24) is 0 Å². The minimum atomic E-state index is -3.79.